The minimum Gasteiger partial charge on any atom is -0.380 e. The Bertz CT molecular complexity index is 226. The molecule has 0 aliphatic heterocycles. The predicted molar refractivity (Wildman–Crippen MR) is 79.8 cm³/mol. The van der Waals surface area contributed by atoms with Crippen LogP contribution in [-0.2, 0) is 4.74 Å². The van der Waals surface area contributed by atoms with Gasteiger partial charge in [-0.1, -0.05) is 51.5 Å². The third-order valence-corrected chi connectivity index (χ3v) is 4.58. The van der Waals surface area contributed by atoms with E-state index in [-0.39, 0.29) is 0 Å². The Hall–Kier alpha value is -0.300. The van der Waals surface area contributed by atoms with Crippen molar-refractivity contribution in [3.63, 3.8) is 0 Å². The molecule has 106 valence electrons. The summed E-state index contributed by atoms with van der Waals surface area (Å²) < 4.78 is 5.24. The van der Waals surface area contributed by atoms with E-state index in [1.54, 1.807) is 7.11 Å². The van der Waals surface area contributed by atoms with Gasteiger partial charge < -0.3 is 4.74 Å². The first-order valence-corrected chi connectivity index (χ1v) is 7.93. The minimum atomic E-state index is 0.816. The van der Waals surface area contributed by atoms with Gasteiger partial charge in [0.2, 0.25) is 0 Å². The minimum absolute atomic E-state index is 0.816. The molecular weight excluding hydrogens is 220 g/mol. The summed E-state index contributed by atoms with van der Waals surface area (Å²) in [7, 11) is 1.79. The highest BCUT2D eigenvalue weighted by Crippen LogP contribution is 2.32. The summed E-state index contributed by atoms with van der Waals surface area (Å²) >= 11 is 0. The normalized spacial score (nSPS) is 20.1. The molecule has 0 N–H and O–H groups in total. The Kier molecular flexibility index (Phi) is 8.41. The van der Waals surface area contributed by atoms with Gasteiger partial charge in [-0.15, -0.1) is 0 Å². The van der Waals surface area contributed by atoms with Crippen LogP contribution < -0.4 is 0 Å². The van der Waals surface area contributed by atoms with E-state index < -0.39 is 0 Å². The summed E-state index contributed by atoms with van der Waals surface area (Å²) in [5.41, 5.74) is 1.47. The molecule has 0 aromatic rings. The van der Waals surface area contributed by atoms with Crippen molar-refractivity contribution >= 4 is 0 Å². The SMILES string of the molecule is C/C=C(\CC[C@H](CC)CC1CCCCC1)COC. The van der Waals surface area contributed by atoms with Crippen LogP contribution in [0, 0.1) is 11.8 Å². The Morgan fingerprint density at radius 2 is 2.00 bits per heavy atom. The van der Waals surface area contributed by atoms with E-state index in [0.29, 0.717) is 0 Å². The topological polar surface area (TPSA) is 9.23 Å². The molecule has 1 atom stereocenters. The molecule has 1 nitrogen and oxygen atoms in total. The van der Waals surface area contributed by atoms with Gasteiger partial charge in [-0.05, 0) is 43.6 Å². The first-order chi connectivity index (χ1) is 8.80. The van der Waals surface area contributed by atoms with Crippen LogP contribution in [0.3, 0.4) is 0 Å². The van der Waals surface area contributed by atoms with Crippen molar-refractivity contribution < 1.29 is 4.74 Å². The van der Waals surface area contributed by atoms with E-state index in [1.165, 1.54) is 63.4 Å². The van der Waals surface area contributed by atoms with Crippen molar-refractivity contribution in [2.24, 2.45) is 11.8 Å². The van der Waals surface area contributed by atoms with Crippen LogP contribution in [0.15, 0.2) is 11.6 Å². The predicted octanol–water partition coefficient (Wildman–Crippen LogP) is 5.36. The van der Waals surface area contributed by atoms with E-state index >= 15 is 0 Å². The summed E-state index contributed by atoms with van der Waals surface area (Å²) in [6.07, 6.45) is 15.1. The van der Waals surface area contributed by atoms with Gasteiger partial charge in [0.1, 0.15) is 0 Å². The molecule has 0 radical (unpaired) electrons. The third kappa shape index (κ3) is 6.04. The zero-order valence-electron chi connectivity index (χ0n) is 12.7. The van der Waals surface area contributed by atoms with Gasteiger partial charge in [-0.25, -0.2) is 0 Å². The number of methoxy groups -OCH3 is 1. The van der Waals surface area contributed by atoms with E-state index in [0.717, 1.165) is 18.4 Å². The maximum absolute atomic E-state index is 5.24. The van der Waals surface area contributed by atoms with Crippen LogP contribution in [0.25, 0.3) is 0 Å². The van der Waals surface area contributed by atoms with Crippen LogP contribution in [-0.4, -0.2) is 13.7 Å². The second-order valence-corrected chi connectivity index (χ2v) is 5.93. The molecule has 18 heavy (non-hydrogen) atoms. The molecule has 0 saturated heterocycles. The van der Waals surface area contributed by atoms with Crippen LogP contribution in [0.4, 0.5) is 0 Å². The van der Waals surface area contributed by atoms with Crippen LogP contribution >= 0.6 is 0 Å². The fraction of sp³-hybridized carbons (Fsp3) is 0.882. The highest BCUT2D eigenvalue weighted by molar-refractivity contribution is 5.00. The van der Waals surface area contributed by atoms with Crippen LogP contribution in [0.1, 0.15) is 71.6 Å². The number of allylic oxidation sites excluding steroid dienone is 1. The largest absolute Gasteiger partial charge is 0.380 e. The lowest BCUT2D eigenvalue weighted by Crippen LogP contribution is -2.12. The Morgan fingerprint density at radius 3 is 2.56 bits per heavy atom. The summed E-state index contributed by atoms with van der Waals surface area (Å²) in [6.45, 7) is 5.31. The molecule has 1 heteroatoms. The fourth-order valence-electron chi connectivity index (χ4n) is 3.26. The summed E-state index contributed by atoms with van der Waals surface area (Å²) in [5, 5.41) is 0. The highest BCUT2D eigenvalue weighted by Gasteiger charge is 2.18. The van der Waals surface area contributed by atoms with Gasteiger partial charge in [-0.2, -0.15) is 0 Å². The quantitative estimate of drug-likeness (QED) is 0.529. The average Bonchev–Trinajstić information content (AvgIpc) is 2.43. The van der Waals surface area contributed by atoms with Gasteiger partial charge in [-0.3, -0.25) is 0 Å². The van der Waals surface area contributed by atoms with Crippen LogP contribution in [0.5, 0.6) is 0 Å². The number of ether oxygens (including phenoxy) is 1. The van der Waals surface area contributed by atoms with Crippen molar-refractivity contribution in [1.82, 2.24) is 0 Å². The van der Waals surface area contributed by atoms with Crippen molar-refractivity contribution in [3.8, 4) is 0 Å². The zero-order valence-corrected chi connectivity index (χ0v) is 12.7. The zero-order chi connectivity index (χ0) is 13.2. The fourth-order valence-corrected chi connectivity index (χ4v) is 3.26. The Balaban J connectivity index is 2.27. The lowest BCUT2D eigenvalue weighted by Gasteiger charge is -2.26. The molecule has 0 aromatic carbocycles. The standard InChI is InChI=1S/C17H32O/c1-4-15(11-12-16(5-2)14-18-3)13-17-9-7-6-8-10-17/h5,15,17H,4,6-14H2,1-3H3/b16-5+/t15-/m0/s1. The molecule has 0 spiro atoms. The van der Waals surface area contributed by atoms with Gasteiger partial charge in [0, 0.05) is 7.11 Å². The van der Waals surface area contributed by atoms with Crippen LogP contribution in [0.2, 0.25) is 0 Å². The molecule has 1 fully saturated rings. The molecule has 0 amide bonds. The van der Waals surface area contributed by atoms with Crippen molar-refractivity contribution in [3.05, 3.63) is 11.6 Å². The number of hydrogen-bond acceptors (Lipinski definition) is 1. The molecule has 0 aromatic heterocycles. The van der Waals surface area contributed by atoms with E-state index in [2.05, 4.69) is 19.9 Å². The summed E-state index contributed by atoms with van der Waals surface area (Å²) in [6, 6.07) is 0. The first kappa shape index (κ1) is 15.8. The van der Waals surface area contributed by atoms with Gasteiger partial charge in [0.05, 0.1) is 6.61 Å². The molecule has 1 saturated carbocycles. The summed E-state index contributed by atoms with van der Waals surface area (Å²) in [4.78, 5) is 0. The molecule has 1 aliphatic rings. The van der Waals surface area contributed by atoms with E-state index in [4.69, 9.17) is 4.74 Å². The smallest absolute Gasteiger partial charge is 0.0672 e. The molecule has 0 heterocycles. The monoisotopic (exact) mass is 252 g/mol. The third-order valence-electron chi connectivity index (χ3n) is 4.58. The van der Waals surface area contributed by atoms with Gasteiger partial charge in [0.25, 0.3) is 0 Å². The lowest BCUT2D eigenvalue weighted by atomic mass is 9.80. The molecule has 0 bridgehead atoms. The van der Waals surface area contributed by atoms with Gasteiger partial charge >= 0.3 is 0 Å². The molecule has 1 rings (SSSR count). The molecular formula is C17H32O. The lowest BCUT2D eigenvalue weighted by molar-refractivity contribution is 0.219. The summed E-state index contributed by atoms with van der Waals surface area (Å²) in [5.74, 6) is 1.96. The number of hydrogen-bond donors (Lipinski definition) is 0. The second-order valence-electron chi connectivity index (χ2n) is 5.93. The Labute approximate surface area is 114 Å². The van der Waals surface area contributed by atoms with Crippen molar-refractivity contribution in [2.45, 2.75) is 71.6 Å². The Morgan fingerprint density at radius 1 is 1.28 bits per heavy atom. The molecule has 0 unspecified atom stereocenters. The van der Waals surface area contributed by atoms with E-state index in [1.807, 2.05) is 0 Å². The number of rotatable bonds is 8. The first-order valence-electron chi connectivity index (χ1n) is 7.93. The average molecular weight is 252 g/mol. The van der Waals surface area contributed by atoms with Crippen molar-refractivity contribution in [1.29, 1.82) is 0 Å². The van der Waals surface area contributed by atoms with E-state index in [9.17, 15) is 0 Å². The second kappa shape index (κ2) is 9.61. The highest BCUT2D eigenvalue weighted by atomic mass is 16.5. The maximum atomic E-state index is 5.24. The maximum Gasteiger partial charge on any atom is 0.0672 e. The van der Waals surface area contributed by atoms with Crippen molar-refractivity contribution in [2.75, 3.05) is 13.7 Å². The molecule has 1 aliphatic carbocycles. The van der Waals surface area contributed by atoms with Gasteiger partial charge in [0.15, 0.2) is 0 Å².